The van der Waals surface area contributed by atoms with Crippen LogP contribution in [-0.4, -0.2) is 98.9 Å². The van der Waals surface area contributed by atoms with Gasteiger partial charge in [-0.2, -0.15) is 0 Å². The van der Waals surface area contributed by atoms with Gasteiger partial charge in [-0.15, -0.1) is 0 Å². The third-order valence-corrected chi connectivity index (χ3v) is 16.6. The van der Waals surface area contributed by atoms with E-state index in [2.05, 4.69) is 83.1 Å². The van der Waals surface area contributed by atoms with Crippen molar-refractivity contribution in [2.45, 2.75) is 99.6 Å². The summed E-state index contributed by atoms with van der Waals surface area (Å²) in [6.45, 7) is 27.2. The molecule has 0 unspecified atom stereocenters. The van der Waals surface area contributed by atoms with Crippen LogP contribution in [0.4, 0.5) is 0 Å². The molecule has 144 valence electrons. The Labute approximate surface area is 217 Å². The van der Waals surface area contributed by atoms with Gasteiger partial charge in [0, 0.05) is 0 Å². The van der Waals surface area contributed by atoms with E-state index in [1.807, 2.05) is 0 Å². The van der Waals surface area contributed by atoms with Gasteiger partial charge in [0.15, 0.2) is 0 Å². The zero-order chi connectivity index (χ0) is 20.8. The van der Waals surface area contributed by atoms with Gasteiger partial charge in [0.2, 0.25) is 0 Å². The molecule has 4 heteroatoms. The molecular weight excluding hydrogens is 1080 g/mol. The van der Waals surface area contributed by atoms with Crippen molar-refractivity contribution >= 4 is 98.9 Å². The van der Waals surface area contributed by atoms with Crippen molar-refractivity contribution in [2.24, 2.45) is 21.7 Å². The van der Waals surface area contributed by atoms with Gasteiger partial charge < -0.3 is 0 Å². The van der Waals surface area contributed by atoms with Crippen molar-refractivity contribution in [1.82, 2.24) is 0 Å². The van der Waals surface area contributed by atoms with Crippen LogP contribution in [0.15, 0.2) is 0 Å². The monoisotopic (exact) mass is 1120 g/mol. The summed E-state index contributed by atoms with van der Waals surface area (Å²) in [7, 11) is 0. The fourth-order valence-corrected chi connectivity index (χ4v) is 0. The van der Waals surface area contributed by atoms with Crippen LogP contribution in [0.3, 0.4) is 0 Å². The van der Waals surface area contributed by atoms with Gasteiger partial charge in [-0.25, -0.2) is 0 Å². The van der Waals surface area contributed by atoms with E-state index in [4.69, 9.17) is 0 Å². The second-order valence-corrected chi connectivity index (χ2v) is 15.8. The molecule has 8 radical (unpaired) electrons. The van der Waals surface area contributed by atoms with E-state index in [9.17, 15) is 0 Å². The fourth-order valence-electron chi connectivity index (χ4n) is 0. The molecule has 0 aliphatic carbocycles. The molecular formula is C20H44Bi4. The Morgan fingerprint density at radius 2 is 0.375 bits per heavy atom. The van der Waals surface area contributed by atoms with E-state index < -0.39 is 0 Å². The molecule has 0 aromatic rings. The summed E-state index contributed by atoms with van der Waals surface area (Å²) in [4.78, 5) is 0. The summed E-state index contributed by atoms with van der Waals surface area (Å²) in [5.74, 6) is 0. The molecule has 0 aliphatic heterocycles. The third-order valence-electron chi connectivity index (χ3n) is 1.90. The molecule has 0 aromatic heterocycles. The predicted molar refractivity (Wildman–Crippen MR) is 120 cm³/mol. The first kappa shape index (κ1) is 35.0. The Morgan fingerprint density at radius 1 is 0.333 bits per heavy atom. The van der Waals surface area contributed by atoms with Crippen LogP contribution in [0.2, 0.25) is 16.5 Å². The van der Waals surface area contributed by atoms with Gasteiger partial charge in [0.1, 0.15) is 0 Å². The number of hydrogen-bond donors (Lipinski definition) is 0. The zero-order valence-electron chi connectivity index (χ0n) is 18.6. The van der Waals surface area contributed by atoms with Gasteiger partial charge in [-0.1, -0.05) is 0 Å². The molecule has 0 N–H and O–H groups in total. The molecule has 0 aliphatic rings. The summed E-state index contributed by atoms with van der Waals surface area (Å²) in [5, 5.41) is 0. The zero-order valence-corrected chi connectivity index (χ0v) is 32.5. The maximum absolute atomic E-state index is 2.27. The van der Waals surface area contributed by atoms with Gasteiger partial charge in [0.25, 0.3) is 0 Å². The first-order valence-electron chi connectivity index (χ1n) is 8.68. The summed E-state index contributed by atoms with van der Waals surface area (Å²) >= 11 is 6.08. The minimum absolute atomic E-state index is 0.591. The van der Waals surface area contributed by atoms with Crippen LogP contribution in [0.25, 0.3) is 0 Å². The maximum atomic E-state index is 2.27. The quantitative estimate of drug-likeness (QED) is 0.244. The van der Waals surface area contributed by atoms with Crippen LogP contribution in [-0.2, 0) is 0 Å². The summed E-state index contributed by atoms with van der Waals surface area (Å²) in [6, 6.07) is 0. The topological polar surface area (TPSA) is 0 Å². The minimum atomic E-state index is 0.591. The first-order chi connectivity index (χ1) is 10.2. The van der Waals surface area contributed by atoms with Gasteiger partial charge in [-0.3, -0.25) is 0 Å². The first-order valence-corrected chi connectivity index (χ1v) is 18.5. The molecule has 0 aromatic carbocycles. The van der Waals surface area contributed by atoms with Crippen molar-refractivity contribution in [3.8, 4) is 0 Å². The van der Waals surface area contributed by atoms with Crippen molar-refractivity contribution < 1.29 is 0 Å². The van der Waals surface area contributed by atoms with Crippen LogP contribution in [0.1, 0.15) is 83.1 Å². The van der Waals surface area contributed by atoms with Gasteiger partial charge in [-0.05, 0) is 0 Å². The van der Waals surface area contributed by atoms with Crippen LogP contribution in [0.5, 0.6) is 0 Å². The molecule has 0 atom stereocenters. The molecule has 0 saturated carbocycles. The Kier molecular flexibility index (Phi) is 25.4. The van der Waals surface area contributed by atoms with Gasteiger partial charge in [0.05, 0.1) is 0 Å². The predicted octanol–water partition coefficient (Wildman–Crippen LogP) is 6.48. The molecule has 24 heavy (non-hydrogen) atoms. The van der Waals surface area contributed by atoms with E-state index >= 15 is 0 Å². The molecule has 0 nitrogen and oxygen atoms in total. The summed E-state index contributed by atoms with van der Waals surface area (Å²) < 4.78 is 5.53. The number of hydrogen-bond acceptors (Lipinski definition) is 0. The molecule has 0 heterocycles. The van der Waals surface area contributed by atoms with Crippen molar-refractivity contribution in [3.63, 3.8) is 0 Å². The Morgan fingerprint density at radius 3 is 0.375 bits per heavy atom. The molecule has 0 bridgehead atoms. The SMILES string of the molecule is CC(C)(C)[CH2][Bi].CC(C)(C)[CH2][Bi].CC(C)(C)[CH2][Bi].CC(C)(C)[CH2][Bi]. The third kappa shape index (κ3) is 63.7. The molecule has 0 amide bonds. The van der Waals surface area contributed by atoms with Crippen LogP contribution >= 0.6 is 0 Å². The molecule has 0 rings (SSSR count). The van der Waals surface area contributed by atoms with Crippen molar-refractivity contribution in [2.75, 3.05) is 0 Å². The number of rotatable bonds is 0. The Hall–Kier alpha value is 3.53. The molecule has 0 fully saturated rings. The van der Waals surface area contributed by atoms with E-state index in [0.29, 0.717) is 21.7 Å². The molecule has 0 saturated heterocycles. The summed E-state index contributed by atoms with van der Waals surface area (Å²) in [5.41, 5.74) is 2.36. The fraction of sp³-hybridized carbons (Fsp3) is 1.00. The molecule has 0 spiro atoms. The van der Waals surface area contributed by atoms with E-state index in [-0.39, 0.29) is 0 Å². The van der Waals surface area contributed by atoms with Crippen LogP contribution in [0, 0.1) is 21.7 Å². The van der Waals surface area contributed by atoms with E-state index in [0.717, 1.165) is 0 Å². The standard InChI is InChI=1S/4C5H11.4Bi/c4*1-5(2,3)4;;;;/h4*1H2,2-4H3;;;;. The van der Waals surface area contributed by atoms with Gasteiger partial charge >= 0.3 is 220 Å². The normalized spacial score (nSPS) is 12.0. The second-order valence-electron chi connectivity index (χ2n) is 10.9. The van der Waals surface area contributed by atoms with Crippen LogP contribution < -0.4 is 0 Å². The average Bonchev–Trinajstić information content (AvgIpc) is 2.37. The van der Waals surface area contributed by atoms with Crippen molar-refractivity contribution in [3.05, 3.63) is 0 Å². The van der Waals surface area contributed by atoms with E-state index in [1.165, 1.54) is 115 Å². The second kappa shape index (κ2) is 17.4. The van der Waals surface area contributed by atoms with E-state index in [1.54, 1.807) is 0 Å². The summed E-state index contributed by atoms with van der Waals surface area (Å²) in [6.07, 6.45) is 0. The van der Waals surface area contributed by atoms with Crippen molar-refractivity contribution in [1.29, 1.82) is 0 Å². The Bertz CT molecular complexity index is 191. The Balaban J connectivity index is -0.000000111. The average molecular weight is 1120 g/mol.